The number of hydrogen-bond donors (Lipinski definition) is 3. The molecule has 3 amide bonds. The van der Waals surface area contributed by atoms with Crippen LogP contribution in [0.3, 0.4) is 0 Å². The van der Waals surface area contributed by atoms with Crippen molar-refractivity contribution in [3.63, 3.8) is 0 Å². The molecule has 41 heavy (non-hydrogen) atoms. The number of halogens is 3. The summed E-state index contributed by atoms with van der Waals surface area (Å²) in [6.45, 7) is 0.884. The quantitative estimate of drug-likeness (QED) is 0.381. The van der Waals surface area contributed by atoms with Gasteiger partial charge in [-0.15, -0.1) is 0 Å². The number of aromatic nitrogens is 1. The molecule has 1 aliphatic rings. The molecule has 1 saturated heterocycles. The van der Waals surface area contributed by atoms with E-state index in [1.807, 2.05) is 42.5 Å². The molecule has 4 rings (SSSR count). The monoisotopic (exact) mass is 570 g/mol. The lowest BCUT2D eigenvalue weighted by molar-refractivity contribution is -0.192. The lowest BCUT2D eigenvalue weighted by Crippen LogP contribution is -2.54. The molecule has 216 valence electrons. The van der Waals surface area contributed by atoms with Crippen molar-refractivity contribution in [3.8, 4) is 0 Å². The van der Waals surface area contributed by atoms with E-state index in [-0.39, 0.29) is 17.7 Å². The van der Waals surface area contributed by atoms with Gasteiger partial charge >= 0.3 is 12.1 Å². The van der Waals surface area contributed by atoms with Crippen LogP contribution in [0.5, 0.6) is 0 Å². The number of carboxylic acid groups (broad SMARTS) is 1. The Balaban J connectivity index is 0.000000587. The largest absolute Gasteiger partial charge is 0.490 e. The number of likely N-dealkylation sites (tertiary alicyclic amines) is 1. The number of hydrogen-bond acceptors (Lipinski definition) is 5. The lowest BCUT2D eigenvalue weighted by Gasteiger charge is -2.29. The highest BCUT2D eigenvalue weighted by Crippen LogP contribution is 2.20. The van der Waals surface area contributed by atoms with E-state index in [2.05, 4.69) is 15.6 Å². The van der Waals surface area contributed by atoms with Gasteiger partial charge in [0.1, 0.15) is 12.1 Å². The first kappa shape index (κ1) is 30.8. The molecule has 2 aromatic carbocycles. The molecule has 0 saturated carbocycles. The highest BCUT2D eigenvalue weighted by Gasteiger charge is 2.39. The lowest BCUT2D eigenvalue weighted by atomic mass is 10.0. The first-order chi connectivity index (χ1) is 19.6. The number of alkyl halides is 3. The minimum atomic E-state index is -5.08. The van der Waals surface area contributed by atoms with Crippen molar-refractivity contribution in [3.05, 3.63) is 102 Å². The summed E-state index contributed by atoms with van der Waals surface area (Å²) in [7, 11) is 0. The van der Waals surface area contributed by atoms with Crippen LogP contribution in [-0.2, 0) is 27.3 Å². The van der Waals surface area contributed by atoms with E-state index in [1.165, 1.54) is 0 Å². The second-order valence-corrected chi connectivity index (χ2v) is 9.15. The van der Waals surface area contributed by atoms with Gasteiger partial charge in [-0.05, 0) is 42.2 Å². The first-order valence-electron chi connectivity index (χ1n) is 12.7. The number of nitrogens with zero attached hydrogens (tertiary/aromatic N) is 2. The predicted octanol–water partition coefficient (Wildman–Crippen LogP) is 3.36. The van der Waals surface area contributed by atoms with Crippen LogP contribution in [0.15, 0.2) is 85.2 Å². The van der Waals surface area contributed by atoms with Gasteiger partial charge in [0.25, 0.3) is 5.91 Å². The van der Waals surface area contributed by atoms with Crippen LogP contribution in [-0.4, -0.2) is 63.5 Å². The number of carbonyl (C=O) groups is 4. The summed E-state index contributed by atoms with van der Waals surface area (Å²) in [5.74, 6) is -3.52. The molecule has 9 nitrogen and oxygen atoms in total. The Morgan fingerprint density at radius 3 is 2.15 bits per heavy atom. The smallest absolute Gasteiger partial charge is 0.475 e. The fourth-order valence-corrected chi connectivity index (χ4v) is 4.19. The van der Waals surface area contributed by atoms with Crippen LogP contribution in [0.1, 0.15) is 34.3 Å². The van der Waals surface area contributed by atoms with Crippen LogP contribution in [0.25, 0.3) is 0 Å². The van der Waals surface area contributed by atoms with E-state index in [0.717, 1.165) is 17.5 Å². The van der Waals surface area contributed by atoms with Gasteiger partial charge in [0.15, 0.2) is 0 Å². The fraction of sp³-hybridized carbons (Fsp3) is 0.276. The molecule has 1 aromatic heterocycles. The van der Waals surface area contributed by atoms with Crippen LogP contribution in [0.4, 0.5) is 13.2 Å². The zero-order valence-corrected chi connectivity index (χ0v) is 21.9. The second kappa shape index (κ2) is 14.6. The Bertz CT molecular complexity index is 1310. The molecule has 2 heterocycles. The molecule has 1 fully saturated rings. The summed E-state index contributed by atoms with van der Waals surface area (Å²) in [6, 6.07) is 20.8. The number of aliphatic carboxylic acids is 1. The molecule has 0 bridgehead atoms. The zero-order chi connectivity index (χ0) is 29.8. The predicted molar refractivity (Wildman–Crippen MR) is 142 cm³/mol. The average molecular weight is 571 g/mol. The number of rotatable bonds is 8. The van der Waals surface area contributed by atoms with Gasteiger partial charge in [0, 0.05) is 37.5 Å². The Hall–Kier alpha value is -4.74. The van der Waals surface area contributed by atoms with Gasteiger partial charge in [0.05, 0.1) is 0 Å². The molecular weight excluding hydrogens is 541 g/mol. The number of benzene rings is 2. The Kier molecular flexibility index (Phi) is 11.0. The number of amides is 3. The number of pyridine rings is 1. The molecule has 0 unspecified atom stereocenters. The van der Waals surface area contributed by atoms with Crippen molar-refractivity contribution in [2.45, 2.75) is 44.1 Å². The number of carboxylic acids is 1. The summed E-state index contributed by atoms with van der Waals surface area (Å²) in [5.41, 5.74) is 2.31. The maximum atomic E-state index is 13.6. The van der Waals surface area contributed by atoms with Crippen molar-refractivity contribution >= 4 is 23.7 Å². The molecule has 3 aromatic rings. The van der Waals surface area contributed by atoms with Crippen molar-refractivity contribution in [1.82, 2.24) is 20.5 Å². The standard InChI is InChI=1S/C27H28N4O3.C2HF3O2/c32-25(22-12-5-2-6-13-22)30-23(17-21-11-7-15-28-18-21)27(34)31-16-8-14-24(31)26(33)29-19-20-9-3-1-4-10-20;3-2(4,5)1(6)7/h1-7,9-13,15,18,23-24H,8,14,16-17,19H2,(H,29,33)(H,30,32);(H,6,7)/t23-,24-;/m0./s1. The minimum Gasteiger partial charge on any atom is -0.475 e. The van der Waals surface area contributed by atoms with Gasteiger partial charge < -0.3 is 20.6 Å². The SMILES string of the molecule is O=C(N[C@@H](Cc1cccnc1)C(=O)N1CCC[C@H]1C(=O)NCc1ccccc1)c1ccccc1.O=C(O)C(F)(F)F. The van der Waals surface area contributed by atoms with Crippen LogP contribution in [0.2, 0.25) is 0 Å². The molecule has 1 aliphatic heterocycles. The van der Waals surface area contributed by atoms with E-state index in [1.54, 1.807) is 47.6 Å². The topological polar surface area (TPSA) is 129 Å². The van der Waals surface area contributed by atoms with Gasteiger partial charge in [-0.3, -0.25) is 19.4 Å². The van der Waals surface area contributed by atoms with Crippen molar-refractivity contribution in [2.24, 2.45) is 0 Å². The zero-order valence-electron chi connectivity index (χ0n) is 21.9. The molecule has 12 heteroatoms. The van der Waals surface area contributed by atoms with Crippen LogP contribution >= 0.6 is 0 Å². The minimum absolute atomic E-state index is 0.177. The van der Waals surface area contributed by atoms with Crippen molar-refractivity contribution < 1.29 is 37.5 Å². The number of nitrogens with one attached hydrogen (secondary N) is 2. The van der Waals surface area contributed by atoms with E-state index in [9.17, 15) is 27.6 Å². The van der Waals surface area contributed by atoms with Crippen LogP contribution < -0.4 is 10.6 Å². The molecular formula is C29H29F3N4O5. The van der Waals surface area contributed by atoms with Crippen molar-refractivity contribution in [1.29, 1.82) is 0 Å². The maximum absolute atomic E-state index is 13.6. The molecule has 2 atom stereocenters. The highest BCUT2D eigenvalue weighted by atomic mass is 19.4. The summed E-state index contributed by atoms with van der Waals surface area (Å²) in [4.78, 5) is 54.1. The Morgan fingerprint density at radius 2 is 1.56 bits per heavy atom. The Labute approximate surface area is 234 Å². The maximum Gasteiger partial charge on any atom is 0.490 e. The van der Waals surface area contributed by atoms with E-state index in [4.69, 9.17) is 9.90 Å². The third-order valence-corrected chi connectivity index (χ3v) is 6.19. The number of carbonyl (C=O) groups excluding carboxylic acids is 3. The van der Waals surface area contributed by atoms with Crippen LogP contribution in [0, 0.1) is 0 Å². The molecule has 0 aliphatic carbocycles. The van der Waals surface area contributed by atoms with Gasteiger partial charge in [-0.25, -0.2) is 4.79 Å². The van der Waals surface area contributed by atoms with E-state index >= 15 is 0 Å². The van der Waals surface area contributed by atoms with Gasteiger partial charge in [-0.1, -0.05) is 54.6 Å². The second-order valence-electron chi connectivity index (χ2n) is 9.15. The average Bonchev–Trinajstić information content (AvgIpc) is 3.47. The molecule has 0 spiro atoms. The van der Waals surface area contributed by atoms with Crippen molar-refractivity contribution in [2.75, 3.05) is 6.54 Å². The van der Waals surface area contributed by atoms with E-state index in [0.29, 0.717) is 31.5 Å². The van der Waals surface area contributed by atoms with Gasteiger partial charge in [0.2, 0.25) is 11.8 Å². The normalized spacial score (nSPS) is 15.2. The highest BCUT2D eigenvalue weighted by molar-refractivity contribution is 5.98. The summed E-state index contributed by atoms with van der Waals surface area (Å²) >= 11 is 0. The third kappa shape index (κ3) is 9.45. The van der Waals surface area contributed by atoms with E-state index < -0.39 is 24.2 Å². The Morgan fingerprint density at radius 1 is 0.951 bits per heavy atom. The summed E-state index contributed by atoms with van der Waals surface area (Å²) in [5, 5.41) is 13.0. The first-order valence-corrected chi connectivity index (χ1v) is 12.7. The molecule has 0 radical (unpaired) electrons. The fourth-order valence-electron chi connectivity index (χ4n) is 4.19. The molecule has 3 N–H and O–H groups in total. The summed E-state index contributed by atoms with van der Waals surface area (Å²) in [6.07, 6.45) is -0.112. The van der Waals surface area contributed by atoms with Gasteiger partial charge in [-0.2, -0.15) is 13.2 Å². The third-order valence-electron chi connectivity index (χ3n) is 6.19. The summed E-state index contributed by atoms with van der Waals surface area (Å²) < 4.78 is 31.7.